The van der Waals surface area contributed by atoms with Crippen LogP contribution in [-0.2, 0) is 17.5 Å². The largest absolute Gasteiger partial charge is 0.416 e. The number of aromatic nitrogens is 2. The van der Waals surface area contributed by atoms with E-state index in [1.54, 1.807) is 30.5 Å². The first-order valence-corrected chi connectivity index (χ1v) is 11.6. The van der Waals surface area contributed by atoms with Crippen molar-refractivity contribution in [1.29, 1.82) is 0 Å². The number of benzene rings is 2. The lowest BCUT2D eigenvalue weighted by Crippen LogP contribution is -2.35. The molecule has 1 fully saturated rings. The molecule has 0 radical (unpaired) electrons. The number of nitrogens with one attached hydrogen (secondary N) is 1. The third kappa shape index (κ3) is 5.13. The molecule has 0 aliphatic carbocycles. The maximum Gasteiger partial charge on any atom is 0.416 e. The molecule has 0 saturated carbocycles. The topological polar surface area (TPSA) is 67.2 Å². The first-order chi connectivity index (χ1) is 16.2. The van der Waals surface area contributed by atoms with Crippen LogP contribution in [0.4, 0.5) is 18.0 Å². The van der Waals surface area contributed by atoms with Crippen LogP contribution >= 0.6 is 23.4 Å². The van der Waals surface area contributed by atoms with Gasteiger partial charge in [0.2, 0.25) is 0 Å². The van der Waals surface area contributed by atoms with Gasteiger partial charge in [-0.2, -0.15) is 18.3 Å². The highest BCUT2D eigenvalue weighted by atomic mass is 35.5. The molecule has 0 atom stereocenters. The second kappa shape index (κ2) is 9.81. The molecule has 0 bridgehead atoms. The number of hydrogen-bond donors (Lipinski definition) is 1. The Morgan fingerprint density at radius 1 is 1.18 bits per heavy atom. The summed E-state index contributed by atoms with van der Waals surface area (Å²) in [7, 11) is 0. The predicted molar refractivity (Wildman–Crippen MR) is 127 cm³/mol. The van der Waals surface area contributed by atoms with Gasteiger partial charge in [-0.15, -0.1) is 0 Å². The van der Waals surface area contributed by atoms with Crippen molar-refractivity contribution >= 4 is 51.5 Å². The van der Waals surface area contributed by atoms with Gasteiger partial charge >= 0.3 is 6.18 Å². The summed E-state index contributed by atoms with van der Waals surface area (Å²) in [5.41, 5.74) is 0.577. The minimum absolute atomic E-state index is 0.0112. The van der Waals surface area contributed by atoms with Crippen molar-refractivity contribution in [2.75, 3.05) is 19.6 Å². The predicted octanol–water partition coefficient (Wildman–Crippen LogP) is 5.40. The summed E-state index contributed by atoms with van der Waals surface area (Å²) in [5.74, 6) is -0.342. The Balaban J connectivity index is 1.57. The quantitative estimate of drug-likeness (QED) is 0.342. The number of carbonyl (C=O) groups excluding carboxylic acids is 2. The number of likely N-dealkylation sites (N-methyl/N-ethyl adjacent to an activating group) is 1. The number of halogens is 4. The number of alkyl halides is 3. The molecule has 2 heterocycles. The van der Waals surface area contributed by atoms with E-state index in [2.05, 4.69) is 10.4 Å². The van der Waals surface area contributed by atoms with Crippen molar-refractivity contribution in [3.63, 3.8) is 0 Å². The van der Waals surface area contributed by atoms with Gasteiger partial charge < -0.3 is 5.32 Å². The molecule has 34 heavy (non-hydrogen) atoms. The van der Waals surface area contributed by atoms with Gasteiger partial charge in [0.25, 0.3) is 11.1 Å². The number of amides is 2. The van der Waals surface area contributed by atoms with E-state index in [0.717, 1.165) is 24.4 Å². The molecule has 2 aromatic carbocycles. The number of imide groups is 1. The van der Waals surface area contributed by atoms with Crippen LogP contribution in [0.25, 0.3) is 17.0 Å². The fourth-order valence-corrected chi connectivity index (χ4v) is 4.68. The zero-order valence-electron chi connectivity index (χ0n) is 18.0. The Morgan fingerprint density at radius 3 is 2.71 bits per heavy atom. The van der Waals surface area contributed by atoms with E-state index in [-0.39, 0.29) is 28.3 Å². The SMILES string of the molecule is CCNCCN1C(=O)SC(=Cc2ccc3c(cnn3Cc3ccc(Cl)cc3C(F)(F)F)c2)C1=O. The fourth-order valence-electron chi connectivity index (χ4n) is 3.64. The third-order valence-electron chi connectivity index (χ3n) is 5.30. The van der Waals surface area contributed by atoms with Gasteiger partial charge in [0.05, 0.1) is 28.7 Å². The van der Waals surface area contributed by atoms with Gasteiger partial charge in [0.1, 0.15) is 0 Å². The van der Waals surface area contributed by atoms with Crippen LogP contribution < -0.4 is 5.32 Å². The molecule has 1 saturated heterocycles. The summed E-state index contributed by atoms with van der Waals surface area (Å²) in [4.78, 5) is 26.3. The Kier molecular flexibility index (Phi) is 7.01. The van der Waals surface area contributed by atoms with E-state index in [9.17, 15) is 22.8 Å². The minimum atomic E-state index is -4.54. The Hall–Kier alpha value is -2.82. The van der Waals surface area contributed by atoms with Crippen molar-refractivity contribution in [3.05, 3.63) is 69.2 Å². The molecule has 2 amide bonds. The summed E-state index contributed by atoms with van der Waals surface area (Å²) < 4.78 is 41.8. The number of fused-ring (bicyclic) bond motifs is 1. The first-order valence-electron chi connectivity index (χ1n) is 10.4. The second-order valence-electron chi connectivity index (χ2n) is 7.61. The van der Waals surface area contributed by atoms with Crippen molar-refractivity contribution in [2.24, 2.45) is 0 Å². The monoisotopic (exact) mass is 508 g/mol. The highest BCUT2D eigenvalue weighted by molar-refractivity contribution is 8.18. The van der Waals surface area contributed by atoms with Crippen LogP contribution in [0.2, 0.25) is 5.02 Å². The van der Waals surface area contributed by atoms with E-state index in [4.69, 9.17) is 11.6 Å². The molecule has 0 unspecified atom stereocenters. The lowest BCUT2D eigenvalue weighted by molar-refractivity contribution is -0.138. The van der Waals surface area contributed by atoms with Crippen LogP contribution in [0, 0.1) is 0 Å². The lowest BCUT2D eigenvalue weighted by Gasteiger charge is -2.14. The number of carbonyl (C=O) groups is 2. The fraction of sp³-hybridized carbons (Fsp3) is 0.261. The van der Waals surface area contributed by atoms with Crippen LogP contribution in [-0.4, -0.2) is 45.5 Å². The van der Waals surface area contributed by atoms with Gasteiger partial charge in [0, 0.05) is 23.5 Å². The third-order valence-corrected chi connectivity index (χ3v) is 6.44. The highest BCUT2D eigenvalue weighted by Gasteiger charge is 2.35. The average Bonchev–Trinajstić information content (AvgIpc) is 3.29. The van der Waals surface area contributed by atoms with E-state index >= 15 is 0 Å². The number of rotatable bonds is 7. The summed E-state index contributed by atoms with van der Waals surface area (Å²) in [6.45, 7) is 3.43. The zero-order valence-corrected chi connectivity index (χ0v) is 19.6. The smallest absolute Gasteiger partial charge is 0.315 e. The first kappa shape index (κ1) is 24.3. The molecule has 3 aromatic rings. The van der Waals surface area contributed by atoms with Crippen molar-refractivity contribution in [1.82, 2.24) is 20.0 Å². The number of hydrogen-bond acceptors (Lipinski definition) is 5. The molecule has 1 aromatic heterocycles. The standard InChI is InChI=1S/C23H20ClF3N4O2S/c1-2-28-7-8-30-21(32)20(34-22(30)33)10-14-3-6-19-16(9-14)12-29-31(19)13-15-4-5-17(24)11-18(15)23(25,26)27/h3-6,9-12,28H,2,7-8,13H2,1H3. The summed E-state index contributed by atoms with van der Waals surface area (Å²) in [6, 6.07) is 8.91. The van der Waals surface area contributed by atoms with E-state index in [1.807, 2.05) is 6.92 Å². The van der Waals surface area contributed by atoms with Crippen molar-refractivity contribution in [2.45, 2.75) is 19.6 Å². The molecule has 11 heteroatoms. The highest BCUT2D eigenvalue weighted by Crippen LogP contribution is 2.35. The molecule has 4 rings (SSSR count). The Bertz CT molecular complexity index is 1290. The maximum absolute atomic E-state index is 13.4. The Labute approximate surface area is 202 Å². The molecule has 178 valence electrons. The molecular weight excluding hydrogens is 489 g/mol. The number of thioether (sulfide) groups is 1. The van der Waals surface area contributed by atoms with Crippen LogP contribution in [0.15, 0.2) is 47.5 Å². The van der Waals surface area contributed by atoms with Gasteiger partial charge in [-0.1, -0.05) is 30.7 Å². The summed E-state index contributed by atoms with van der Waals surface area (Å²) >= 11 is 6.65. The molecule has 1 aliphatic heterocycles. The van der Waals surface area contributed by atoms with Crippen LogP contribution in [0.5, 0.6) is 0 Å². The van der Waals surface area contributed by atoms with Gasteiger partial charge in [-0.05, 0) is 59.8 Å². The molecule has 6 nitrogen and oxygen atoms in total. The second-order valence-corrected chi connectivity index (χ2v) is 9.04. The van der Waals surface area contributed by atoms with Gasteiger partial charge in [-0.25, -0.2) is 0 Å². The van der Waals surface area contributed by atoms with E-state index in [0.29, 0.717) is 34.5 Å². The van der Waals surface area contributed by atoms with Crippen molar-refractivity contribution < 1.29 is 22.8 Å². The minimum Gasteiger partial charge on any atom is -0.315 e. The van der Waals surface area contributed by atoms with Gasteiger partial charge in [0.15, 0.2) is 0 Å². The molecule has 1 N–H and O–H groups in total. The average molecular weight is 509 g/mol. The normalized spacial score (nSPS) is 15.8. The van der Waals surface area contributed by atoms with Gasteiger partial charge in [-0.3, -0.25) is 19.2 Å². The van der Waals surface area contributed by atoms with E-state index in [1.165, 1.54) is 21.7 Å². The number of nitrogens with zero attached hydrogens (tertiary/aromatic N) is 3. The van der Waals surface area contributed by atoms with Crippen LogP contribution in [0.1, 0.15) is 23.6 Å². The van der Waals surface area contributed by atoms with Crippen molar-refractivity contribution in [3.8, 4) is 0 Å². The Morgan fingerprint density at radius 2 is 1.97 bits per heavy atom. The maximum atomic E-state index is 13.4. The summed E-state index contributed by atoms with van der Waals surface area (Å²) in [6.07, 6.45) is -1.35. The summed E-state index contributed by atoms with van der Waals surface area (Å²) in [5, 5.41) is 7.72. The van der Waals surface area contributed by atoms with E-state index < -0.39 is 11.7 Å². The zero-order chi connectivity index (χ0) is 24.5. The molecule has 1 aliphatic rings. The molecule has 0 spiro atoms. The van der Waals surface area contributed by atoms with Crippen LogP contribution in [0.3, 0.4) is 0 Å². The molecular formula is C23H20ClF3N4O2S. The lowest BCUT2D eigenvalue weighted by atomic mass is 10.1.